The standard InChI is InChI=1S/C28H27FN2O/c1-3-4-18-26-25(28(32)31(20(2)30-26)23-15-9-6-10-16-23)19-22-14-11-17-24(27(22)29)21-12-7-5-8-13-21/h5-17H,3-4,18-19H2,1-2H3. The largest absolute Gasteiger partial charge is 0.269 e. The Morgan fingerprint density at radius 3 is 2.28 bits per heavy atom. The van der Waals surface area contributed by atoms with Crippen LogP contribution in [0.1, 0.15) is 42.4 Å². The molecule has 0 unspecified atom stereocenters. The summed E-state index contributed by atoms with van der Waals surface area (Å²) in [6.45, 7) is 3.96. The predicted molar refractivity (Wildman–Crippen MR) is 128 cm³/mol. The third-order valence-electron chi connectivity index (χ3n) is 5.74. The predicted octanol–water partition coefficient (Wildman–Crippen LogP) is 6.28. The molecule has 0 aliphatic rings. The molecule has 0 N–H and O–H groups in total. The fourth-order valence-electron chi connectivity index (χ4n) is 4.08. The van der Waals surface area contributed by atoms with Crippen LogP contribution in [0.25, 0.3) is 16.8 Å². The Morgan fingerprint density at radius 2 is 1.59 bits per heavy atom. The summed E-state index contributed by atoms with van der Waals surface area (Å²) in [5.41, 5.74) is 3.85. The highest BCUT2D eigenvalue weighted by Gasteiger charge is 2.19. The van der Waals surface area contributed by atoms with E-state index in [1.165, 1.54) is 0 Å². The zero-order valence-electron chi connectivity index (χ0n) is 18.5. The number of unbranched alkanes of at least 4 members (excludes halogenated alkanes) is 1. The van der Waals surface area contributed by atoms with E-state index >= 15 is 4.39 Å². The Morgan fingerprint density at radius 1 is 0.906 bits per heavy atom. The second kappa shape index (κ2) is 9.73. The van der Waals surface area contributed by atoms with Crippen LogP contribution in [0.4, 0.5) is 4.39 Å². The zero-order chi connectivity index (χ0) is 22.5. The molecular formula is C28H27FN2O. The van der Waals surface area contributed by atoms with Gasteiger partial charge in [-0.25, -0.2) is 9.37 Å². The summed E-state index contributed by atoms with van der Waals surface area (Å²) in [5.74, 6) is 0.362. The lowest BCUT2D eigenvalue weighted by atomic mass is 9.97. The van der Waals surface area contributed by atoms with Gasteiger partial charge in [0.25, 0.3) is 5.56 Å². The maximum Gasteiger partial charge on any atom is 0.261 e. The minimum atomic E-state index is -0.286. The molecule has 3 aromatic carbocycles. The number of halogens is 1. The van der Waals surface area contributed by atoms with Crippen LogP contribution in [0.5, 0.6) is 0 Å². The minimum Gasteiger partial charge on any atom is -0.269 e. The van der Waals surface area contributed by atoms with Gasteiger partial charge in [0.15, 0.2) is 0 Å². The van der Waals surface area contributed by atoms with Crippen LogP contribution in [-0.4, -0.2) is 9.55 Å². The summed E-state index contributed by atoms with van der Waals surface area (Å²) in [7, 11) is 0. The molecule has 3 nitrogen and oxygen atoms in total. The van der Waals surface area contributed by atoms with E-state index in [4.69, 9.17) is 4.98 Å². The maximum atomic E-state index is 15.5. The summed E-state index contributed by atoms with van der Waals surface area (Å²) >= 11 is 0. The van der Waals surface area contributed by atoms with E-state index in [1.54, 1.807) is 16.7 Å². The summed E-state index contributed by atoms with van der Waals surface area (Å²) < 4.78 is 17.2. The Labute approximate surface area is 188 Å². The summed E-state index contributed by atoms with van der Waals surface area (Å²) in [5, 5.41) is 0. The third-order valence-corrected chi connectivity index (χ3v) is 5.74. The maximum absolute atomic E-state index is 15.5. The molecule has 0 spiro atoms. The van der Waals surface area contributed by atoms with E-state index in [-0.39, 0.29) is 17.8 Å². The number of aryl methyl sites for hydroxylation is 2. The monoisotopic (exact) mass is 426 g/mol. The van der Waals surface area contributed by atoms with Crippen LogP contribution >= 0.6 is 0 Å². The molecule has 0 fully saturated rings. The summed E-state index contributed by atoms with van der Waals surface area (Å²) in [4.78, 5) is 18.4. The lowest BCUT2D eigenvalue weighted by molar-refractivity contribution is 0.615. The van der Waals surface area contributed by atoms with Gasteiger partial charge >= 0.3 is 0 Å². The van der Waals surface area contributed by atoms with Gasteiger partial charge in [0.05, 0.1) is 11.4 Å². The van der Waals surface area contributed by atoms with E-state index in [0.717, 1.165) is 29.8 Å². The molecule has 4 aromatic rings. The normalized spacial score (nSPS) is 11.0. The molecule has 1 aromatic heterocycles. The van der Waals surface area contributed by atoms with E-state index in [0.29, 0.717) is 28.9 Å². The summed E-state index contributed by atoms with van der Waals surface area (Å²) in [6, 6.07) is 24.4. The number of aromatic nitrogens is 2. The van der Waals surface area contributed by atoms with Crippen molar-refractivity contribution >= 4 is 0 Å². The van der Waals surface area contributed by atoms with E-state index in [9.17, 15) is 4.79 Å². The smallest absolute Gasteiger partial charge is 0.261 e. The minimum absolute atomic E-state index is 0.126. The average Bonchev–Trinajstić information content (AvgIpc) is 2.82. The molecule has 4 rings (SSSR count). The second-order valence-electron chi connectivity index (χ2n) is 7.99. The molecule has 4 heteroatoms. The molecule has 0 radical (unpaired) electrons. The highest BCUT2D eigenvalue weighted by atomic mass is 19.1. The van der Waals surface area contributed by atoms with Crippen molar-refractivity contribution in [3.05, 3.63) is 118 Å². The first-order chi connectivity index (χ1) is 15.6. The Bertz CT molecular complexity index is 1260. The average molecular weight is 427 g/mol. The molecular weight excluding hydrogens is 399 g/mol. The van der Waals surface area contributed by atoms with Crippen LogP contribution in [0, 0.1) is 12.7 Å². The number of hydrogen-bond donors (Lipinski definition) is 0. The first-order valence-corrected chi connectivity index (χ1v) is 11.1. The number of hydrogen-bond acceptors (Lipinski definition) is 2. The van der Waals surface area contributed by atoms with Crippen molar-refractivity contribution in [2.45, 2.75) is 39.5 Å². The highest BCUT2D eigenvalue weighted by molar-refractivity contribution is 5.65. The molecule has 0 amide bonds. The third kappa shape index (κ3) is 4.40. The Hall–Kier alpha value is -3.53. The van der Waals surface area contributed by atoms with Gasteiger partial charge in [-0.05, 0) is 43.0 Å². The topological polar surface area (TPSA) is 34.9 Å². The van der Waals surface area contributed by atoms with E-state index in [2.05, 4.69) is 6.92 Å². The molecule has 0 saturated heterocycles. The van der Waals surface area contributed by atoms with Crippen LogP contribution in [0.3, 0.4) is 0 Å². The number of nitrogens with zero attached hydrogens (tertiary/aromatic N) is 2. The SMILES string of the molecule is CCCCc1nc(C)n(-c2ccccc2)c(=O)c1Cc1cccc(-c2ccccc2)c1F. The Balaban J connectivity index is 1.84. The molecule has 0 aliphatic heterocycles. The van der Waals surface area contributed by atoms with E-state index in [1.807, 2.05) is 73.7 Å². The van der Waals surface area contributed by atoms with Crippen molar-refractivity contribution in [2.75, 3.05) is 0 Å². The van der Waals surface area contributed by atoms with Crippen molar-refractivity contribution in [1.82, 2.24) is 9.55 Å². The van der Waals surface area contributed by atoms with Crippen LogP contribution < -0.4 is 5.56 Å². The lowest BCUT2D eigenvalue weighted by Gasteiger charge is -2.16. The molecule has 0 aliphatic carbocycles. The van der Waals surface area contributed by atoms with Crippen LogP contribution in [0.15, 0.2) is 83.7 Å². The van der Waals surface area contributed by atoms with E-state index < -0.39 is 0 Å². The van der Waals surface area contributed by atoms with Crippen molar-refractivity contribution in [3.8, 4) is 16.8 Å². The first kappa shape index (κ1) is 21.7. The molecule has 162 valence electrons. The van der Waals surface area contributed by atoms with Crippen molar-refractivity contribution < 1.29 is 4.39 Å². The van der Waals surface area contributed by atoms with Gasteiger partial charge < -0.3 is 0 Å². The molecule has 0 bridgehead atoms. The van der Waals surface area contributed by atoms with Crippen LogP contribution in [0.2, 0.25) is 0 Å². The second-order valence-corrected chi connectivity index (χ2v) is 7.99. The van der Waals surface area contributed by atoms with Gasteiger partial charge in [-0.15, -0.1) is 0 Å². The van der Waals surface area contributed by atoms with Gasteiger partial charge in [0.2, 0.25) is 0 Å². The molecule has 0 saturated carbocycles. The molecule has 1 heterocycles. The lowest BCUT2D eigenvalue weighted by Crippen LogP contribution is -2.28. The number of benzene rings is 3. The van der Waals surface area contributed by atoms with Crippen molar-refractivity contribution in [1.29, 1.82) is 0 Å². The van der Waals surface area contributed by atoms with Crippen molar-refractivity contribution in [2.24, 2.45) is 0 Å². The van der Waals surface area contributed by atoms with Gasteiger partial charge in [-0.2, -0.15) is 0 Å². The van der Waals surface area contributed by atoms with Crippen LogP contribution in [-0.2, 0) is 12.8 Å². The Kier molecular flexibility index (Phi) is 6.60. The van der Waals surface area contributed by atoms with Gasteiger partial charge in [0.1, 0.15) is 11.6 Å². The highest BCUT2D eigenvalue weighted by Crippen LogP contribution is 2.26. The first-order valence-electron chi connectivity index (χ1n) is 11.1. The molecule has 0 atom stereocenters. The summed E-state index contributed by atoms with van der Waals surface area (Å²) in [6.07, 6.45) is 2.85. The number of rotatable bonds is 7. The van der Waals surface area contributed by atoms with Gasteiger partial charge in [0, 0.05) is 17.5 Å². The molecule has 32 heavy (non-hydrogen) atoms. The van der Waals surface area contributed by atoms with Gasteiger partial charge in [-0.1, -0.05) is 80.1 Å². The fourth-order valence-corrected chi connectivity index (χ4v) is 4.08. The zero-order valence-corrected chi connectivity index (χ0v) is 18.5. The quantitative estimate of drug-likeness (QED) is 0.349. The fraction of sp³-hybridized carbons (Fsp3) is 0.214. The number of para-hydroxylation sites is 1. The van der Waals surface area contributed by atoms with Crippen molar-refractivity contribution in [3.63, 3.8) is 0 Å². The van der Waals surface area contributed by atoms with Gasteiger partial charge in [-0.3, -0.25) is 9.36 Å².